The van der Waals surface area contributed by atoms with Gasteiger partial charge in [0.15, 0.2) is 0 Å². The topological polar surface area (TPSA) is 52.7 Å². The second-order valence-corrected chi connectivity index (χ2v) is 7.51. The van der Waals surface area contributed by atoms with Crippen molar-refractivity contribution in [1.29, 1.82) is 0 Å². The lowest BCUT2D eigenvalue weighted by atomic mass is 9.95. The van der Waals surface area contributed by atoms with E-state index in [0.717, 1.165) is 43.5 Å². The van der Waals surface area contributed by atoms with Gasteiger partial charge in [-0.1, -0.05) is 12.1 Å². The maximum atomic E-state index is 13.1. The molecule has 2 fully saturated rings. The molecule has 1 atom stereocenters. The van der Waals surface area contributed by atoms with Crippen molar-refractivity contribution in [1.82, 2.24) is 9.80 Å². The molecule has 2 aliphatic heterocycles. The highest BCUT2D eigenvalue weighted by Crippen LogP contribution is 2.34. The van der Waals surface area contributed by atoms with E-state index in [0.29, 0.717) is 17.8 Å². The van der Waals surface area contributed by atoms with E-state index in [-0.39, 0.29) is 23.8 Å². The van der Waals surface area contributed by atoms with Gasteiger partial charge in [-0.15, -0.1) is 0 Å². The molecule has 4 rings (SSSR count). The Labute approximate surface area is 164 Å². The summed E-state index contributed by atoms with van der Waals surface area (Å²) in [7, 11) is 0. The summed E-state index contributed by atoms with van der Waals surface area (Å²) in [5.41, 5.74) is 3.15. The van der Waals surface area contributed by atoms with Crippen molar-refractivity contribution in [2.45, 2.75) is 32.2 Å². The van der Waals surface area contributed by atoms with Crippen LogP contribution in [0.15, 0.2) is 42.5 Å². The number of rotatable bonds is 3. The summed E-state index contributed by atoms with van der Waals surface area (Å²) >= 11 is 0. The van der Waals surface area contributed by atoms with Crippen LogP contribution in [0.2, 0.25) is 0 Å². The van der Waals surface area contributed by atoms with Crippen LogP contribution in [0.25, 0.3) is 0 Å². The third-order valence-electron chi connectivity index (χ3n) is 5.64. The monoisotopic (exact) mass is 381 g/mol. The number of carbonyl (C=O) groups is 2. The predicted octanol–water partition coefficient (Wildman–Crippen LogP) is 4.35. The zero-order valence-electron chi connectivity index (χ0n) is 16.0. The predicted molar refractivity (Wildman–Crippen MR) is 106 cm³/mol. The second kappa shape index (κ2) is 7.62. The Hall–Kier alpha value is -2.89. The molecule has 5 nitrogen and oxygen atoms in total. The molecule has 28 heavy (non-hydrogen) atoms. The van der Waals surface area contributed by atoms with E-state index in [1.165, 1.54) is 12.1 Å². The van der Waals surface area contributed by atoms with Crippen LogP contribution >= 0.6 is 0 Å². The van der Waals surface area contributed by atoms with Crippen molar-refractivity contribution in [3.8, 4) is 0 Å². The molecule has 3 amide bonds. The molecule has 1 unspecified atom stereocenters. The molecular formula is C22H24FN3O2. The Morgan fingerprint density at radius 2 is 1.75 bits per heavy atom. The van der Waals surface area contributed by atoms with E-state index < -0.39 is 0 Å². The van der Waals surface area contributed by atoms with E-state index in [1.54, 1.807) is 29.2 Å². The van der Waals surface area contributed by atoms with Gasteiger partial charge in [0.25, 0.3) is 5.91 Å². The van der Waals surface area contributed by atoms with Gasteiger partial charge in [0, 0.05) is 30.9 Å². The number of hydrogen-bond donors (Lipinski definition) is 1. The number of nitrogens with zero attached hydrogens (tertiary/aromatic N) is 2. The quantitative estimate of drug-likeness (QED) is 0.859. The van der Waals surface area contributed by atoms with Crippen LogP contribution in [0.4, 0.5) is 14.9 Å². The number of amides is 3. The average Bonchev–Trinajstić information content (AvgIpc) is 3.18. The van der Waals surface area contributed by atoms with Crippen molar-refractivity contribution in [3.05, 3.63) is 65.0 Å². The van der Waals surface area contributed by atoms with Crippen molar-refractivity contribution >= 4 is 17.6 Å². The Bertz CT molecular complexity index is 891. The SMILES string of the molecule is Cc1cc(C(=O)N2CCCC2)ccc1NC(=O)N1CCC1c1ccc(F)cc1. The minimum absolute atomic E-state index is 0.0306. The standard InChI is InChI=1S/C22H24FN3O2/c1-15-14-17(21(27)25-11-2-3-12-25)6-9-19(15)24-22(28)26-13-10-20(26)16-4-7-18(23)8-5-16/h4-9,14,20H,2-3,10-13H2,1H3,(H,24,28). The fourth-order valence-electron chi connectivity index (χ4n) is 3.89. The van der Waals surface area contributed by atoms with E-state index >= 15 is 0 Å². The van der Waals surface area contributed by atoms with E-state index in [2.05, 4.69) is 5.32 Å². The molecule has 2 aromatic rings. The maximum Gasteiger partial charge on any atom is 0.322 e. The van der Waals surface area contributed by atoms with E-state index in [1.807, 2.05) is 17.9 Å². The maximum absolute atomic E-state index is 13.1. The first kappa shape index (κ1) is 18.5. The summed E-state index contributed by atoms with van der Waals surface area (Å²) in [5.74, 6) is -0.226. The number of urea groups is 1. The zero-order valence-corrected chi connectivity index (χ0v) is 16.0. The van der Waals surface area contributed by atoms with Gasteiger partial charge in [-0.25, -0.2) is 9.18 Å². The summed E-state index contributed by atoms with van der Waals surface area (Å²) in [5, 5.41) is 2.95. The van der Waals surface area contributed by atoms with Gasteiger partial charge in [-0.05, 0) is 67.6 Å². The molecule has 2 saturated heterocycles. The number of nitrogens with one attached hydrogen (secondary N) is 1. The van der Waals surface area contributed by atoms with Crippen LogP contribution in [0.5, 0.6) is 0 Å². The van der Waals surface area contributed by atoms with E-state index in [9.17, 15) is 14.0 Å². The molecule has 2 aliphatic rings. The first-order valence-electron chi connectivity index (χ1n) is 9.76. The number of aryl methyl sites for hydroxylation is 1. The zero-order chi connectivity index (χ0) is 19.7. The van der Waals surface area contributed by atoms with Gasteiger partial charge in [-0.2, -0.15) is 0 Å². The molecule has 1 N–H and O–H groups in total. The molecule has 2 heterocycles. The summed E-state index contributed by atoms with van der Waals surface area (Å²) in [6.07, 6.45) is 2.98. The molecule has 0 radical (unpaired) electrons. The van der Waals surface area contributed by atoms with Crippen LogP contribution < -0.4 is 5.32 Å². The first-order chi connectivity index (χ1) is 13.5. The van der Waals surface area contributed by atoms with Gasteiger partial charge in [0.05, 0.1) is 6.04 Å². The molecular weight excluding hydrogens is 357 g/mol. The molecule has 0 aliphatic carbocycles. The van der Waals surface area contributed by atoms with Crippen LogP contribution in [-0.2, 0) is 0 Å². The molecule has 146 valence electrons. The largest absolute Gasteiger partial charge is 0.339 e. The Kier molecular flexibility index (Phi) is 5.03. The van der Waals surface area contributed by atoms with Gasteiger partial charge in [0.1, 0.15) is 5.82 Å². The number of anilines is 1. The number of likely N-dealkylation sites (tertiary alicyclic amines) is 2. The number of hydrogen-bond acceptors (Lipinski definition) is 2. The van der Waals surface area contributed by atoms with Crippen molar-refractivity contribution in [2.24, 2.45) is 0 Å². The highest BCUT2D eigenvalue weighted by molar-refractivity contribution is 5.96. The molecule has 0 aromatic heterocycles. The fraction of sp³-hybridized carbons (Fsp3) is 0.364. The van der Waals surface area contributed by atoms with Gasteiger partial charge < -0.3 is 15.1 Å². The Morgan fingerprint density at radius 1 is 1.04 bits per heavy atom. The lowest BCUT2D eigenvalue weighted by Crippen LogP contribution is -2.47. The molecule has 6 heteroatoms. The first-order valence-corrected chi connectivity index (χ1v) is 9.76. The lowest BCUT2D eigenvalue weighted by Gasteiger charge is -2.41. The molecule has 0 bridgehead atoms. The normalized spacial score (nSPS) is 18.7. The highest BCUT2D eigenvalue weighted by atomic mass is 19.1. The van der Waals surface area contributed by atoms with Crippen molar-refractivity contribution < 1.29 is 14.0 Å². The van der Waals surface area contributed by atoms with Crippen LogP contribution in [-0.4, -0.2) is 41.4 Å². The molecule has 0 saturated carbocycles. The van der Waals surface area contributed by atoms with Gasteiger partial charge in [0.2, 0.25) is 0 Å². The van der Waals surface area contributed by atoms with Crippen LogP contribution in [0.3, 0.4) is 0 Å². The van der Waals surface area contributed by atoms with Crippen LogP contribution in [0, 0.1) is 12.7 Å². The van der Waals surface area contributed by atoms with Crippen molar-refractivity contribution in [3.63, 3.8) is 0 Å². The third kappa shape index (κ3) is 3.59. The minimum atomic E-state index is -0.279. The second-order valence-electron chi connectivity index (χ2n) is 7.51. The number of benzene rings is 2. The molecule has 0 spiro atoms. The van der Waals surface area contributed by atoms with Gasteiger partial charge >= 0.3 is 6.03 Å². The van der Waals surface area contributed by atoms with Crippen LogP contribution in [0.1, 0.15) is 46.8 Å². The number of halogens is 1. The Balaban J connectivity index is 1.43. The molecule has 2 aromatic carbocycles. The highest BCUT2D eigenvalue weighted by Gasteiger charge is 2.33. The number of carbonyl (C=O) groups excluding carboxylic acids is 2. The smallest absolute Gasteiger partial charge is 0.322 e. The van der Waals surface area contributed by atoms with Gasteiger partial charge in [-0.3, -0.25) is 4.79 Å². The minimum Gasteiger partial charge on any atom is -0.339 e. The lowest BCUT2D eigenvalue weighted by molar-refractivity contribution is 0.0792. The third-order valence-corrected chi connectivity index (χ3v) is 5.64. The fourth-order valence-corrected chi connectivity index (χ4v) is 3.89. The summed E-state index contributed by atoms with van der Waals surface area (Å²) < 4.78 is 13.1. The van der Waals surface area contributed by atoms with Crippen molar-refractivity contribution in [2.75, 3.05) is 25.0 Å². The summed E-state index contributed by atoms with van der Waals surface area (Å²) in [4.78, 5) is 28.8. The summed E-state index contributed by atoms with van der Waals surface area (Å²) in [6.45, 7) is 4.19. The summed E-state index contributed by atoms with van der Waals surface area (Å²) in [6, 6.07) is 11.5. The van der Waals surface area contributed by atoms with E-state index in [4.69, 9.17) is 0 Å². The average molecular weight is 381 g/mol. The Morgan fingerprint density at radius 3 is 2.36 bits per heavy atom.